The fourth-order valence-electron chi connectivity index (χ4n) is 2.53. The van der Waals surface area contributed by atoms with E-state index in [1.807, 2.05) is 27.7 Å². The molecule has 0 N–H and O–H groups in total. The summed E-state index contributed by atoms with van der Waals surface area (Å²) < 4.78 is 26.0. The molecular formula is C16H21BFNO3. The molecule has 0 aromatic heterocycles. The molecule has 0 aliphatic carbocycles. The zero-order valence-electron chi connectivity index (χ0n) is 13.5. The first-order chi connectivity index (χ1) is 10.2. The molecule has 118 valence electrons. The van der Waals surface area contributed by atoms with E-state index in [1.54, 1.807) is 11.0 Å². The van der Waals surface area contributed by atoms with Crippen LogP contribution in [0.4, 0.5) is 4.39 Å². The average molecular weight is 305 g/mol. The summed E-state index contributed by atoms with van der Waals surface area (Å²) in [4.78, 5) is 14.0. The second kappa shape index (κ2) is 5.06. The molecule has 0 unspecified atom stereocenters. The summed E-state index contributed by atoms with van der Waals surface area (Å²) in [5.41, 5.74) is -0.320. The van der Waals surface area contributed by atoms with Crippen molar-refractivity contribution < 1.29 is 18.5 Å². The second-order valence-corrected chi connectivity index (χ2v) is 6.97. The highest BCUT2D eigenvalue weighted by Crippen LogP contribution is 2.36. The van der Waals surface area contributed by atoms with Gasteiger partial charge < -0.3 is 14.2 Å². The Labute approximate surface area is 130 Å². The van der Waals surface area contributed by atoms with Crippen molar-refractivity contribution in [3.05, 3.63) is 29.6 Å². The van der Waals surface area contributed by atoms with Crippen LogP contribution in [0.15, 0.2) is 18.2 Å². The van der Waals surface area contributed by atoms with Crippen LogP contribution in [-0.2, 0) is 9.31 Å². The van der Waals surface area contributed by atoms with Crippen molar-refractivity contribution in [3.63, 3.8) is 0 Å². The Balaban J connectivity index is 1.89. The van der Waals surface area contributed by atoms with Gasteiger partial charge in [-0.3, -0.25) is 4.79 Å². The molecule has 0 saturated carbocycles. The number of hydrogen-bond donors (Lipinski definition) is 0. The van der Waals surface area contributed by atoms with Gasteiger partial charge in [-0.2, -0.15) is 0 Å². The monoisotopic (exact) mass is 305 g/mol. The fourth-order valence-corrected chi connectivity index (χ4v) is 2.53. The molecule has 1 amide bonds. The predicted octanol–water partition coefficient (Wildman–Crippen LogP) is 1.97. The summed E-state index contributed by atoms with van der Waals surface area (Å²) in [5.74, 6) is -0.484. The molecule has 2 heterocycles. The van der Waals surface area contributed by atoms with Crippen LogP contribution < -0.4 is 5.46 Å². The zero-order valence-corrected chi connectivity index (χ0v) is 13.5. The van der Waals surface area contributed by atoms with Crippen molar-refractivity contribution in [2.75, 3.05) is 13.1 Å². The molecule has 22 heavy (non-hydrogen) atoms. The van der Waals surface area contributed by atoms with E-state index in [0.717, 1.165) is 19.5 Å². The van der Waals surface area contributed by atoms with E-state index >= 15 is 0 Å². The Morgan fingerprint density at radius 3 is 2.27 bits per heavy atom. The van der Waals surface area contributed by atoms with Crippen LogP contribution in [0.25, 0.3) is 0 Å². The maximum absolute atomic E-state index is 14.2. The third-order valence-corrected chi connectivity index (χ3v) is 4.89. The molecule has 6 heteroatoms. The van der Waals surface area contributed by atoms with Crippen LogP contribution in [0.3, 0.4) is 0 Å². The van der Waals surface area contributed by atoms with E-state index in [4.69, 9.17) is 9.31 Å². The number of carbonyl (C=O) groups excluding carboxylic acids is 1. The van der Waals surface area contributed by atoms with Gasteiger partial charge in [-0.25, -0.2) is 4.39 Å². The van der Waals surface area contributed by atoms with Gasteiger partial charge in [0.1, 0.15) is 5.82 Å². The highest BCUT2D eigenvalue weighted by Gasteiger charge is 2.52. The van der Waals surface area contributed by atoms with Gasteiger partial charge in [0.15, 0.2) is 0 Å². The molecule has 2 fully saturated rings. The first-order valence-corrected chi connectivity index (χ1v) is 7.66. The quantitative estimate of drug-likeness (QED) is 0.784. The molecule has 0 bridgehead atoms. The summed E-state index contributed by atoms with van der Waals surface area (Å²) in [6.07, 6.45) is 1.02. The van der Waals surface area contributed by atoms with Crippen LogP contribution in [0.5, 0.6) is 0 Å². The van der Waals surface area contributed by atoms with E-state index < -0.39 is 24.1 Å². The largest absolute Gasteiger partial charge is 0.497 e. The van der Waals surface area contributed by atoms with Gasteiger partial charge in [0.25, 0.3) is 5.91 Å². The number of rotatable bonds is 2. The van der Waals surface area contributed by atoms with E-state index in [1.165, 1.54) is 12.1 Å². The molecule has 0 radical (unpaired) electrons. The smallest absolute Gasteiger partial charge is 0.399 e. The molecule has 2 aliphatic rings. The van der Waals surface area contributed by atoms with Crippen molar-refractivity contribution in [2.45, 2.75) is 45.3 Å². The van der Waals surface area contributed by atoms with Gasteiger partial charge in [-0.15, -0.1) is 0 Å². The van der Waals surface area contributed by atoms with Gasteiger partial charge in [0, 0.05) is 24.1 Å². The molecular weight excluding hydrogens is 284 g/mol. The highest BCUT2D eigenvalue weighted by molar-refractivity contribution is 6.62. The van der Waals surface area contributed by atoms with Crippen molar-refractivity contribution in [1.82, 2.24) is 4.90 Å². The minimum Gasteiger partial charge on any atom is -0.399 e. The molecule has 1 aromatic carbocycles. The summed E-state index contributed by atoms with van der Waals surface area (Å²) in [7, 11) is -0.797. The third-order valence-electron chi connectivity index (χ3n) is 4.89. The van der Waals surface area contributed by atoms with E-state index in [9.17, 15) is 9.18 Å². The lowest BCUT2D eigenvalue weighted by Gasteiger charge is -2.32. The Bertz CT molecular complexity index is 597. The maximum Gasteiger partial charge on any atom is 0.497 e. The topological polar surface area (TPSA) is 38.8 Å². The number of halogens is 1. The van der Waals surface area contributed by atoms with Gasteiger partial charge in [0.05, 0.1) is 11.2 Å². The normalized spacial score (nSPS) is 22.6. The molecule has 2 aliphatic heterocycles. The Morgan fingerprint density at radius 1 is 1.18 bits per heavy atom. The summed E-state index contributed by atoms with van der Waals surface area (Å²) >= 11 is 0. The lowest BCUT2D eigenvalue weighted by molar-refractivity contribution is 0.00578. The SMILES string of the molecule is CC1(C)OB(c2cc(C(=O)N3CCC3)ccc2F)OC1(C)C. The number of hydrogen-bond acceptors (Lipinski definition) is 3. The Hall–Kier alpha value is -1.40. The summed E-state index contributed by atoms with van der Waals surface area (Å²) in [5, 5.41) is 0. The van der Waals surface area contributed by atoms with Crippen LogP contribution in [0.2, 0.25) is 0 Å². The van der Waals surface area contributed by atoms with Crippen LogP contribution in [0.1, 0.15) is 44.5 Å². The maximum atomic E-state index is 14.2. The number of likely N-dealkylation sites (tertiary alicyclic amines) is 1. The number of benzene rings is 1. The third kappa shape index (κ3) is 2.44. The average Bonchev–Trinajstić information content (AvgIpc) is 2.56. The first-order valence-electron chi connectivity index (χ1n) is 7.66. The van der Waals surface area contributed by atoms with Crippen LogP contribution in [-0.4, -0.2) is 42.2 Å². The van der Waals surface area contributed by atoms with Crippen molar-refractivity contribution in [2.24, 2.45) is 0 Å². The zero-order chi connectivity index (χ0) is 16.1. The molecule has 2 saturated heterocycles. The molecule has 0 atom stereocenters. The van der Waals surface area contributed by atoms with Gasteiger partial charge in [0.2, 0.25) is 0 Å². The van der Waals surface area contributed by atoms with Crippen molar-refractivity contribution in [3.8, 4) is 0 Å². The van der Waals surface area contributed by atoms with Gasteiger partial charge >= 0.3 is 7.12 Å². The fraction of sp³-hybridized carbons (Fsp3) is 0.562. The lowest BCUT2D eigenvalue weighted by atomic mass is 9.77. The first kappa shape index (κ1) is 15.5. The second-order valence-electron chi connectivity index (χ2n) is 6.97. The molecule has 3 rings (SSSR count). The summed E-state index contributed by atoms with van der Waals surface area (Å²) in [6.45, 7) is 9.20. The molecule has 1 aromatic rings. The van der Waals surface area contributed by atoms with Crippen molar-refractivity contribution in [1.29, 1.82) is 0 Å². The van der Waals surface area contributed by atoms with Gasteiger partial charge in [-0.1, -0.05) is 0 Å². The van der Waals surface area contributed by atoms with E-state index in [-0.39, 0.29) is 11.4 Å². The Kier molecular flexibility index (Phi) is 3.57. The van der Waals surface area contributed by atoms with Crippen LogP contribution in [0, 0.1) is 5.82 Å². The molecule has 0 spiro atoms. The van der Waals surface area contributed by atoms with E-state index in [2.05, 4.69) is 0 Å². The number of amides is 1. The summed E-state index contributed by atoms with van der Waals surface area (Å²) in [6, 6.07) is 4.39. The standard InChI is InChI=1S/C16H21BFNO3/c1-15(2)16(3,4)22-17(21-15)12-10-11(6-7-13(12)18)14(20)19-8-5-9-19/h6-7,10H,5,8-9H2,1-4H3. The van der Waals surface area contributed by atoms with Crippen molar-refractivity contribution >= 4 is 18.5 Å². The van der Waals surface area contributed by atoms with Gasteiger partial charge in [-0.05, 0) is 52.3 Å². The lowest BCUT2D eigenvalue weighted by Crippen LogP contribution is -2.43. The number of carbonyl (C=O) groups is 1. The highest BCUT2D eigenvalue weighted by atomic mass is 19.1. The predicted molar refractivity (Wildman–Crippen MR) is 82.6 cm³/mol. The van der Waals surface area contributed by atoms with Crippen LogP contribution >= 0.6 is 0 Å². The Morgan fingerprint density at radius 2 is 1.77 bits per heavy atom. The minimum absolute atomic E-state index is 0.0657. The molecule has 4 nitrogen and oxygen atoms in total. The minimum atomic E-state index is -0.797. The number of nitrogens with zero attached hydrogens (tertiary/aromatic N) is 1. The van der Waals surface area contributed by atoms with E-state index in [0.29, 0.717) is 5.56 Å².